The number of esters is 1. The number of rotatable bonds is 3. The molecule has 14 heavy (non-hydrogen) atoms. The quantitative estimate of drug-likeness (QED) is 0.590. The fourth-order valence-electron chi connectivity index (χ4n) is 1.28. The Bertz CT molecular complexity index is 365. The van der Waals surface area contributed by atoms with Gasteiger partial charge in [0.1, 0.15) is 5.69 Å². The first-order valence-corrected chi connectivity index (χ1v) is 4.44. The van der Waals surface area contributed by atoms with Crippen molar-refractivity contribution in [3.05, 3.63) is 23.0 Å². The third kappa shape index (κ3) is 1.84. The van der Waals surface area contributed by atoms with Gasteiger partial charge in [-0.05, 0) is 26.3 Å². The zero-order valence-corrected chi connectivity index (χ0v) is 8.51. The molecule has 1 heterocycles. The van der Waals surface area contributed by atoms with E-state index < -0.39 is 5.97 Å². The zero-order valence-electron chi connectivity index (χ0n) is 8.51. The van der Waals surface area contributed by atoms with Crippen molar-refractivity contribution in [3.63, 3.8) is 0 Å². The summed E-state index contributed by atoms with van der Waals surface area (Å²) < 4.78 is 4.82. The summed E-state index contributed by atoms with van der Waals surface area (Å²) in [7, 11) is 0. The van der Waals surface area contributed by atoms with Gasteiger partial charge in [-0.3, -0.25) is 4.79 Å². The highest BCUT2D eigenvalue weighted by Crippen LogP contribution is 2.14. The Morgan fingerprint density at radius 1 is 1.50 bits per heavy atom. The van der Waals surface area contributed by atoms with Crippen LogP contribution in [0, 0.1) is 6.92 Å². The van der Waals surface area contributed by atoms with Crippen LogP contribution < -0.4 is 0 Å². The molecule has 0 unspecified atom stereocenters. The van der Waals surface area contributed by atoms with Crippen LogP contribution in [-0.4, -0.2) is 23.3 Å². The minimum absolute atomic E-state index is 0.0608. The topological polar surface area (TPSA) is 59.2 Å². The minimum atomic E-state index is -0.419. The number of carbonyl (C=O) groups is 2. The first kappa shape index (κ1) is 10.5. The van der Waals surface area contributed by atoms with Gasteiger partial charge in [0, 0.05) is 11.8 Å². The van der Waals surface area contributed by atoms with Crippen molar-refractivity contribution >= 4 is 11.8 Å². The lowest BCUT2D eigenvalue weighted by molar-refractivity contribution is 0.0519. The van der Waals surface area contributed by atoms with E-state index >= 15 is 0 Å². The molecule has 0 aliphatic carbocycles. The first-order valence-electron chi connectivity index (χ1n) is 4.44. The highest BCUT2D eigenvalue weighted by atomic mass is 16.5. The number of carbonyl (C=O) groups excluding carboxylic acids is 2. The molecule has 76 valence electrons. The summed E-state index contributed by atoms with van der Waals surface area (Å²) in [5, 5.41) is 0. The summed E-state index contributed by atoms with van der Waals surface area (Å²) >= 11 is 0. The second kappa shape index (κ2) is 4.09. The Balaban J connectivity index is 3.00. The van der Waals surface area contributed by atoms with E-state index in [1.807, 2.05) is 0 Å². The van der Waals surface area contributed by atoms with Crippen LogP contribution in [0.5, 0.6) is 0 Å². The van der Waals surface area contributed by atoms with Gasteiger partial charge < -0.3 is 9.72 Å². The molecule has 0 atom stereocenters. The Labute approximate surface area is 82.3 Å². The third-order valence-corrected chi connectivity index (χ3v) is 2.00. The minimum Gasteiger partial charge on any atom is -0.461 e. The predicted octanol–water partition coefficient (Wildman–Crippen LogP) is 1.70. The second-order valence-corrected chi connectivity index (χ2v) is 2.98. The molecule has 0 radical (unpaired) electrons. The summed E-state index contributed by atoms with van der Waals surface area (Å²) in [6, 6.07) is 0. The van der Waals surface area contributed by atoms with E-state index in [4.69, 9.17) is 4.74 Å². The lowest BCUT2D eigenvalue weighted by Gasteiger charge is -2.00. The molecule has 1 aromatic rings. The molecule has 0 aliphatic rings. The number of Topliss-reactive ketones (excluding diaryl/α,β-unsaturated/α-hetero) is 1. The van der Waals surface area contributed by atoms with Gasteiger partial charge >= 0.3 is 5.97 Å². The lowest BCUT2D eigenvalue weighted by Crippen LogP contribution is -2.07. The van der Waals surface area contributed by atoms with E-state index in [9.17, 15) is 9.59 Å². The normalized spacial score (nSPS) is 9.93. The third-order valence-electron chi connectivity index (χ3n) is 2.00. The van der Waals surface area contributed by atoms with Gasteiger partial charge in [0.05, 0.1) is 6.61 Å². The maximum Gasteiger partial charge on any atom is 0.355 e. The number of ether oxygens (including phenoxy) is 1. The number of H-pyrrole nitrogens is 1. The molecular formula is C10H13NO3. The molecule has 1 aromatic heterocycles. The number of aromatic nitrogens is 1. The Morgan fingerprint density at radius 2 is 2.14 bits per heavy atom. The van der Waals surface area contributed by atoms with E-state index in [0.29, 0.717) is 23.4 Å². The lowest BCUT2D eigenvalue weighted by atomic mass is 10.1. The number of nitrogens with one attached hydrogen (secondary N) is 1. The SMILES string of the molecule is CCOC(=O)c1[nH]cc(C(C)=O)c1C. The molecule has 1 rings (SSSR count). The average molecular weight is 195 g/mol. The number of hydrogen-bond donors (Lipinski definition) is 1. The van der Waals surface area contributed by atoms with E-state index in [0.717, 1.165) is 0 Å². The molecule has 4 nitrogen and oxygen atoms in total. The Hall–Kier alpha value is -1.58. The monoisotopic (exact) mass is 195 g/mol. The number of aromatic amines is 1. The van der Waals surface area contributed by atoms with Crippen molar-refractivity contribution in [1.29, 1.82) is 0 Å². The molecule has 0 fully saturated rings. The molecule has 0 saturated heterocycles. The molecule has 0 amide bonds. The van der Waals surface area contributed by atoms with Gasteiger partial charge in [-0.2, -0.15) is 0 Å². The van der Waals surface area contributed by atoms with Crippen molar-refractivity contribution in [2.45, 2.75) is 20.8 Å². The summed E-state index contributed by atoms with van der Waals surface area (Å²) in [4.78, 5) is 25.2. The first-order chi connectivity index (χ1) is 6.57. The van der Waals surface area contributed by atoms with Crippen molar-refractivity contribution in [2.75, 3.05) is 6.61 Å². The van der Waals surface area contributed by atoms with Crippen molar-refractivity contribution in [3.8, 4) is 0 Å². The van der Waals surface area contributed by atoms with Gasteiger partial charge in [-0.1, -0.05) is 0 Å². The molecular weight excluding hydrogens is 182 g/mol. The molecule has 0 bridgehead atoms. The molecule has 0 aliphatic heterocycles. The maximum absolute atomic E-state index is 11.3. The van der Waals surface area contributed by atoms with Gasteiger partial charge in [0.2, 0.25) is 0 Å². The van der Waals surface area contributed by atoms with Gasteiger partial charge in [0.15, 0.2) is 5.78 Å². The fourth-order valence-corrected chi connectivity index (χ4v) is 1.28. The second-order valence-electron chi connectivity index (χ2n) is 2.98. The van der Waals surface area contributed by atoms with Crippen LogP contribution in [0.2, 0.25) is 0 Å². The fraction of sp³-hybridized carbons (Fsp3) is 0.400. The van der Waals surface area contributed by atoms with Gasteiger partial charge in [-0.15, -0.1) is 0 Å². The zero-order chi connectivity index (χ0) is 10.7. The van der Waals surface area contributed by atoms with E-state index in [-0.39, 0.29) is 5.78 Å². The van der Waals surface area contributed by atoms with Crippen LogP contribution in [-0.2, 0) is 4.74 Å². The van der Waals surface area contributed by atoms with Gasteiger partial charge in [-0.25, -0.2) is 4.79 Å². The largest absolute Gasteiger partial charge is 0.461 e. The average Bonchev–Trinajstić information content (AvgIpc) is 2.47. The van der Waals surface area contributed by atoms with Crippen LogP contribution in [0.25, 0.3) is 0 Å². The van der Waals surface area contributed by atoms with Crippen molar-refractivity contribution in [2.24, 2.45) is 0 Å². The predicted molar refractivity (Wildman–Crippen MR) is 51.5 cm³/mol. The van der Waals surface area contributed by atoms with Crippen LogP contribution in [0.1, 0.15) is 40.3 Å². The Morgan fingerprint density at radius 3 is 2.57 bits per heavy atom. The number of ketones is 1. The van der Waals surface area contributed by atoms with Crippen LogP contribution >= 0.6 is 0 Å². The summed E-state index contributed by atoms with van der Waals surface area (Å²) in [5.41, 5.74) is 1.54. The molecule has 4 heteroatoms. The molecule has 1 N–H and O–H groups in total. The molecule has 0 aromatic carbocycles. The molecule has 0 spiro atoms. The summed E-state index contributed by atoms with van der Waals surface area (Å²) in [6.07, 6.45) is 1.53. The van der Waals surface area contributed by atoms with Crippen molar-refractivity contribution < 1.29 is 14.3 Å². The van der Waals surface area contributed by atoms with E-state index in [1.54, 1.807) is 13.8 Å². The summed E-state index contributed by atoms with van der Waals surface area (Å²) in [6.45, 7) is 5.25. The van der Waals surface area contributed by atoms with Crippen LogP contribution in [0.15, 0.2) is 6.20 Å². The maximum atomic E-state index is 11.3. The van der Waals surface area contributed by atoms with E-state index in [1.165, 1.54) is 13.1 Å². The van der Waals surface area contributed by atoms with E-state index in [2.05, 4.69) is 4.98 Å². The van der Waals surface area contributed by atoms with Crippen LogP contribution in [0.4, 0.5) is 0 Å². The van der Waals surface area contributed by atoms with Gasteiger partial charge in [0.25, 0.3) is 0 Å². The highest BCUT2D eigenvalue weighted by Gasteiger charge is 2.16. The van der Waals surface area contributed by atoms with Crippen molar-refractivity contribution in [1.82, 2.24) is 4.98 Å². The smallest absolute Gasteiger partial charge is 0.355 e. The van der Waals surface area contributed by atoms with Crippen LogP contribution in [0.3, 0.4) is 0 Å². The highest BCUT2D eigenvalue weighted by molar-refractivity contribution is 5.99. The summed E-state index contributed by atoms with van der Waals surface area (Å²) in [5.74, 6) is -0.480. The number of hydrogen-bond acceptors (Lipinski definition) is 3. The Kier molecular flexibility index (Phi) is 3.06. The molecule has 0 saturated carbocycles. The standard InChI is InChI=1S/C10H13NO3/c1-4-14-10(13)9-6(2)8(5-11-9)7(3)12/h5,11H,4H2,1-3H3.